The van der Waals surface area contributed by atoms with Crippen LogP contribution in [0.1, 0.15) is 39.2 Å². The fraction of sp³-hybridized carbons (Fsp3) is 0.647. The predicted molar refractivity (Wildman–Crippen MR) is 92.0 cm³/mol. The monoisotopic (exact) mass is 340 g/mol. The maximum absolute atomic E-state index is 13.0. The number of hydrogen-bond acceptors (Lipinski definition) is 4. The molecule has 1 saturated heterocycles. The summed E-state index contributed by atoms with van der Waals surface area (Å²) in [5, 5.41) is 9.90. The van der Waals surface area contributed by atoms with E-state index in [2.05, 4.69) is 4.90 Å². The molecule has 1 aromatic rings. The first-order chi connectivity index (χ1) is 10.6. The van der Waals surface area contributed by atoms with Crippen molar-refractivity contribution in [1.29, 1.82) is 0 Å². The van der Waals surface area contributed by atoms with E-state index in [1.54, 1.807) is 30.3 Å². The standard InChI is InChI=1S/C17H28N2O3S/c1-14(2)15-7-5-6-8-16(15)23(21,22)19-11-9-18(10-12-19)13-17(3,4)20/h5-8,14,20H,9-13H2,1-4H3. The van der Waals surface area contributed by atoms with Gasteiger partial charge in [0.1, 0.15) is 0 Å². The van der Waals surface area contributed by atoms with Gasteiger partial charge in [-0.25, -0.2) is 8.42 Å². The lowest BCUT2D eigenvalue weighted by atomic mass is 10.0. The third-order valence-corrected chi connectivity index (χ3v) is 6.07. The van der Waals surface area contributed by atoms with Gasteiger partial charge >= 0.3 is 0 Å². The summed E-state index contributed by atoms with van der Waals surface area (Å²) in [6, 6.07) is 7.26. The fourth-order valence-electron chi connectivity index (χ4n) is 3.01. The highest BCUT2D eigenvalue weighted by Crippen LogP contribution is 2.27. The molecule has 0 radical (unpaired) electrons. The molecule has 2 rings (SSSR count). The van der Waals surface area contributed by atoms with Gasteiger partial charge in [0.05, 0.1) is 10.5 Å². The number of benzene rings is 1. The van der Waals surface area contributed by atoms with E-state index in [1.165, 1.54) is 0 Å². The summed E-state index contributed by atoms with van der Waals surface area (Å²) >= 11 is 0. The Morgan fingerprint density at radius 3 is 2.22 bits per heavy atom. The minimum atomic E-state index is -3.46. The van der Waals surface area contributed by atoms with Crippen molar-refractivity contribution in [2.24, 2.45) is 0 Å². The van der Waals surface area contributed by atoms with Crippen molar-refractivity contribution in [1.82, 2.24) is 9.21 Å². The molecule has 0 aromatic heterocycles. The van der Waals surface area contributed by atoms with Gasteiger partial charge in [0.2, 0.25) is 10.0 Å². The average Bonchev–Trinajstić information content (AvgIpc) is 2.46. The molecule has 1 heterocycles. The molecule has 23 heavy (non-hydrogen) atoms. The van der Waals surface area contributed by atoms with E-state index in [4.69, 9.17) is 0 Å². The zero-order chi connectivity index (χ0) is 17.3. The maximum Gasteiger partial charge on any atom is 0.243 e. The first-order valence-corrected chi connectivity index (χ1v) is 9.59. The summed E-state index contributed by atoms with van der Waals surface area (Å²) in [4.78, 5) is 2.53. The van der Waals surface area contributed by atoms with Gasteiger partial charge in [0.15, 0.2) is 0 Å². The molecule has 0 bridgehead atoms. The highest BCUT2D eigenvalue weighted by molar-refractivity contribution is 7.89. The summed E-state index contributed by atoms with van der Waals surface area (Å²) in [5.74, 6) is 0.164. The lowest BCUT2D eigenvalue weighted by molar-refractivity contribution is 0.0263. The number of rotatable bonds is 5. The van der Waals surface area contributed by atoms with Crippen LogP contribution in [0.2, 0.25) is 0 Å². The van der Waals surface area contributed by atoms with E-state index in [0.717, 1.165) is 5.56 Å². The molecule has 0 saturated carbocycles. The van der Waals surface area contributed by atoms with E-state index in [0.29, 0.717) is 37.6 Å². The molecule has 0 atom stereocenters. The maximum atomic E-state index is 13.0. The highest BCUT2D eigenvalue weighted by atomic mass is 32.2. The predicted octanol–water partition coefficient (Wildman–Crippen LogP) is 1.89. The van der Waals surface area contributed by atoms with Crippen LogP contribution in [0.25, 0.3) is 0 Å². The Morgan fingerprint density at radius 1 is 1.13 bits per heavy atom. The van der Waals surface area contributed by atoms with Crippen LogP contribution in [-0.4, -0.2) is 61.1 Å². The summed E-state index contributed by atoms with van der Waals surface area (Å²) in [6.45, 7) is 10.3. The quantitative estimate of drug-likeness (QED) is 0.889. The smallest absolute Gasteiger partial charge is 0.243 e. The van der Waals surface area contributed by atoms with Crippen LogP contribution >= 0.6 is 0 Å². The minimum absolute atomic E-state index is 0.164. The summed E-state index contributed by atoms with van der Waals surface area (Å²) in [5.41, 5.74) is 0.108. The number of hydrogen-bond donors (Lipinski definition) is 1. The summed E-state index contributed by atoms with van der Waals surface area (Å²) < 4.78 is 27.5. The highest BCUT2D eigenvalue weighted by Gasteiger charge is 2.31. The third kappa shape index (κ3) is 4.53. The molecule has 0 spiro atoms. The second-order valence-electron chi connectivity index (χ2n) is 7.19. The summed E-state index contributed by atoms with van der Waals surface area (Å²) in [6.07, 6.45) is 0. The van der Waals surface area contributed by atoms with Crippen molar-refractivity contribution in [2.75, 3.05) is 32.7 Å². The van der Waals surface area contributed by atoms with Crippen LogP contribution in [-0.2, 0) is 10.0 Å². The molecule has 5 nitrogen and oxygen atoms in total. The lowest BCUT2D eigenvalue weighted by Crippen LogP contribution is -2.51. The largest absolute Gasteiger partial charge is 0.389 e. The van der Waals surface area contributed by atoms with E-state index in [-0.39, 0.29) is 5.92 Å². The van der Waals surface area contributed by atoms with Gasteiger partial charge in [-0.2, -0.15) is 4.31 Å². The molecule has 1 aliphatic heterocycles. The Morgan fingerprint density at radius 2 is 1.70 bits per heavy atom. The van der Waals surface area contributed by atoms with E-state index < -0.39 is 15.6 Å². The SMILES string of the molecule is CC(C)c1ccccc1S(=O)(=O)N1CCN(CC(C)(C)O)CC1. The molecule has 1 aliphatic rings. The number of aliphatic hydroxyl groups is 1. The molecular formula is C17H28N2O3S. The second kappa shape index (κ2) is 6.89. The molecule has 0 unspecified atom stereocenters. The molecular weight excluding hydrogens is 312 g/mol. The first-order valence-electron chi connectivity index (χ1n) is 8.15. The zero-order valence-corrected chi connectivity index (χ0v) is 15.3. The van der Waals surface area contributed by atoms with Gasteiger partial charge in [-0.15, -0.1) is 0 Å². The Balaban J connectivity index is 2.14. The van der Waals surface area contributed by atoms with Crippen LogP contribution < -0.4 is 0 Å². The van der Waals surface area contributed by atoms with E-state index in [9.17, 15) is 13.5 Å². The molecule has 6 heteroatoms. The molecule has 0 aliphatic carbocycles. The molecule has 0 amide bonds. The Labute approximate surface area is 140 Å². The van der Waals surface area contributed by atoms with Crippen LogP contribution in [0, 0.1) is 0 Å². The van der Waals surface area contributed by atoms with Gasteiger partial charge in [-0.3, -0.25) is 4.90 Å². The normalized spacial score (nSPS) is 18.5. The minimum Gasteiger partial charge on any atom is -0.389 e. The van der Waals surface area contributed by atoms with E-state index >= 15 is 0 Å². The van der Waals surface area contributed by atoms with Gasteiger partial charge in [-0.05, 0) is 31.4 Å². The topological polar surface area (TPSA) is 60.9 Å². The number of sulfonamides is 1. The van der Waals surface area contributed by atoms with Crippen LogP contribution in [0.5, 0.6) is 0 Å². The van der Waals surface area contributed by atoms with Crippen LogP contribution in [0.15, 0.2) is 29.2 Å². The van der Waals surface area contributed by atoms with Crippen LogP contribution in [0.3, 0.4) is 0 Å². The van der Waals surface area contributed by atoms with Gasteiger partial charge in [0.25, 0.3) is 0 Å². The number of nitrogens with zero attached hydrogens (tertiary/aromatic N) is 2. The lowest BCUT2D eigenvalue weighted by Gasteiger charge is -2.36. The van der Waals surface area contributed by atoms with Crippen molar-refractivity contribution >= 4 is 10.0 Å². The van der Waals surface area contributed by atoms with Gasteiger partial charge < -0.3 is 5.11 Å². The average molecular weight is 340 g/mol. The zero-order valence-electron chi connectivity index (χ0n) is 14.5. The van der Waals surface area contributed by atoms with Crippen molar-refractivity contribution in [3.63, 3.8) is 0 Å². The van der Waals surface area contributed by atoms with Crippen molar-refractivity contribution in [3.8, 4) is 0 Å². The Bertz CT molecular complexity index is 627. The molecule has 1 fully saturated rings. The molecule has 1 aromatic carbocycles. The molecule has 1 N–H and O–H groups in total. The van der Waals surface area contributed by atoms with Crippen molar-refractivity contribution < 1.29 is 13.5 Å². The molecule has 130 valence electrons. The third-order valence-electron chi connectivity index (χ3n) is 4.10. The first kappa shape index (κ1) is 18.4. The van der Waals surface area contributed by atoms with Crippen LogP contribution in [0.4, 0.5) is 0 Å². The van der Waals surface area contributed by atoms with Crippen molar-refractivity contribution in [3.05, 3.63) is 29.8 Å². The Hall–Kier alpha value is -0.950. The summed E-state index contributed by atoms with van der Waals surface area (Å²) in [7, 11) is -3.46. The van der Waals surface area contributed by atoms with Gasteiger partial charge in [0, 0.05) is 32.7 Å². The number of β-amino-alcohol motifs (C(OH)–C–C–N with tert-alkyl or cyclic N) is 1. The fourth-order valence-corrected chi connectivity index (χ4v) is 4.78. The van der Waals surface area contributed by atoms with Gasteiger partial charge in [-0.1, -0.05) is 32.0 Å². The number of piperazine rings is 1. The van der Waals surface area contributed by atoms with E-state index in [1.807, 2.05) is 26.0 Å². The Kier molecular flexibility index (Phi) is 5.51. The van der Waals surface area contributed by atoms with Crippen molar-refractivity contribution in [2.45, 2.75) is 44.1 Å². The second-order valence-corrected chi connectivity index (χ2v) is 9.09.